The van der Waals surface area contributed by atoms with Crippen LogP contribution in [0.4, 0.5) is 0 Å². The molecule has 1 aromatic rings. The van der Waals surface area contributed by atoms with Crippen molar-refractivity contribution >= 4 is 23.7 Å². The number of nitrogens with one attached hydrogen (secondary N) is 3. The predicted octanol–water partition coefficient (Wildman–Crippen LogP) is -1.35. The third-order valence-corrected chi connectivity index (χ3v) is 4.42. The number of carboxylic acids is 1. The Bertz CT molecular complexity index is 678. The number of carbonyl (C=O) groups is 4. The second-order valence-electron chi connectivity index (χ2n) is 6.66. The summed E-state index contributed by atoms with van der Waals surface area (Å²) in [5.41, 5.74) is 11.6. The molecule has 0 radical (unpaired) electrons. The Balaban J connectivity index is 2.82. The second-order valence-corrected chi connectivity index (χ2v) is 6.66. The van der Waals surface area contributed by atoms with E-state index in [0.717, 1.165) is 0 Å². The molecule has 0 spiro atoms. The standard InChI is InChI=1S/C17H28N6O5/c1-3-9(2)14(17(27)28)23-16(26)12(4-5-13(19)24)22-15(25)11(18)6-10-7-20-8-21-10/h7-9,11-12,14H,3-6,18H2,1-2H3,(H2,19,24)(H,20,21)(H,22,25)(H,23,26)(H,27,28). The molecular formula is C17H28N6O5. The maximum absolute atomic E-state index is 12.6. The van der Waals surface area contributed by atoms with E-state index in [4.69, 9.17) is 11.5 Å². The number of imidazole rings is 1. The molecule has 28 heavy (non-hydrogen) atoms. The van der Waals surface area contributed by atoms with E-state index >= 15 is 0 Å². The van der Waals surface area contributed by atoms with Gasteiger partial charge in [-0.2, -0.15) is 0 Å². The number of H-pyrrole nitrogens is 1. The number of rotatable bonds is 12. The molecule has 0 fully saturated rings. The summed E-state index contributed by atoms with van der Waals surface area (Å²) in [6.45, 7) is 3.49. The summed E-state index contributed by atoms with van der Waals surface area (Å²) in [6, 6.07) is -3.22. The van der Waals surface area contributed by atoms with Crippen molar-refractivity contribution in [2.24, 2.45) is 17.4 Å². The summed E-state index contributed by atoms with van der Waals surface area (Å²) in [6.07, 6.45) is 3.44. The molecule has 1 heterocycles. The third-order valence-electron chi connectivity index (χ3n) is 4.42. The molecule has 1 rings (SSSR count). The van der Waals surface area contributed by atoms with E-state index in [0.29, 0.717) is 12.1 Å². The molecule has 4 unspecified atom stereocenters. The monoisotopic (exact) mass is 396 g/mol. The highest BCUT2D eigenvalue weighted by Gasteiger charge is 2.30. The summed E-state index contributed by atoms with van der Waals surface area (Å²) in [5, 5.41) is 14.2. The number of aliphatic carboxylic acids is 1. The smallest absolute Gasteiger partial charge is 0.326 e. The third kappa shape index (κ3) is 7.35. The molecule has 0 bridgehead atoms. The first-order valence-electron chi connectivity index (χ1n) is 9.00. The minimum Gasteiger partial charge on any atom is -0.480 e. The van der Waals surface area contributed by atoms with Gasteiger partial charge in [0.15, 0.2) is 0 Å². The highest BCUT2D eigenvalue weighted by Crippen LogP contribution is 2.09. The van der Waals surface area contributed by atoms with Crippen LogP contribution >= 0.6 is 0 Å². The van der Waals surface area contributed by atoms with Crippen molar-refractivity contribution in [3.05, 3.63) is 18.2 Å². The molecule has 0 aromatic carbocycles. The summed E-state index contributed by atoms with van der Waals surface area (Å²) >= 11 is 0. The average Bonchev–Trinajstić information content (AvgIpc) is 3.14. The number of amides is 3. The lowest BCUT2D eigenvalue weighted by Gasteiger charge is -2.25. The first-order valence-corrected chi connectivity index (χ1v) is 9.00. The molecule has 8 N–H and O–H groups in total. The van der Waals surface area contributed by atoms with E-state index < -0.39 is 41.8 Å². The van der Waals surface area contributed by atoms with Crippen molar-refractivity contribution in [2.45, 2.75) is 57.7 Å². The molecule has 0 saturated carbocycles. The van der Waals surface area contributed by atoms with Crippen molar-refractivity contribution in [1.29, 1.82) is 0 Å². The molecular weight excluding hydrogens is 368 g/mol. The SMILES string of the molecule is CCC(C)C(NC(=O)C(CCC(N)=O)NC(=O)C(N)Cc1cnc[nH]1)C(=O)O. The van der Waals surface area contributed by atoms with E-state index in [-0.39, 0.29) is 25.2 Å². The number of nitrogens with zero attached hydrogens (tertiary/aromatic N) is 1. The fourth-order valence-electron chi connectivity index (χ4n) is 2.50. The van der Waals surface area contributed by atoms with Crippen LogP contribution in [0.3, 0.4) is 0 Å². The van der Waals surface area contributed by atoms with Gasteiger partial charge in [0.1, 0.15) is 12.1 Å². The first-order chi connectivity index (χ1) is 13.1. The van der Waals surface area contributed by atoms with Gasteiger partial charge in [-0.1, -0.05) is 20.3 Å². The van der Waals surface area contributed by atoms with Gasteiger partial charge in [0, 0.05) is 24.7 Å². The van der Waals surface area contributed by atoms with Crippen LogP contribution in [0.5, 0.6) is 0 Å². The molecule has 0 saturated heterocycles. The van der Waals surface area contributed by atoms with Crippen molar-refractivity contribution < 1.29 is 24.3 Å². The number of carbonyl (C=O) groups excluding carboxylic acids is 3. The highest BCUT2D eigenvalue weighted by atomic mass is 16.4. The van der Waals surface area contributed by atoms with E-state index in [1.165, 1.54) is 12.5 Å². The minimum atomic E-state index is -1.18. The van der Waals surface area contributed by atoms with Crippen molar-refractivity contribution in [3.8, 4) is 0 Å². The van der Waals surface area contributed by atoms with Crippen LogP contribution in [0.2, 0.25) is 0 Å². The number of hydrogen-bond acceptors (Lipinski definition) is 6. The molecule has 11 heteroatoms. The van der Waals surface area contributed by atoms with Crippen LogP contribution in [0.25, 0.3) is 0 Å². The number of primary amides is 1. The summed E-state index contributed by atoms with van der Waals surface area (Å²) in [5.74, 6) is -3.48. The molecule has 4 atom stereocenters. The van der Waals surface area contributed by atoms with Gasteiger partial charge in [-0.15, -0.1) is 0 Å². The van der Waals surface area contributed by atoms with Crippen LogP contribution in [0, 0.1) is 5.92 Å². The maximum Gasteiger partial charge on any atom is 0.326 e. The van der Waals surface area contributed by atoms with E-state index in [1.807, 2.05) is 0 Å². The Morgan fingerprint density at radius 2 is 1.93 bits per heavy atom. The number of nitrogens with two attached hydrogens (primary N) is 2. The molecule has 0 aliphatic rings. The predicted molar refractivity (Wildman–Crippen MR) is 99.6 cm³/mol. The number of hydrogen-bond donors (Lipinski definition) is 6. The Hall–Kier alpha value is -2.95. The maximum atomic E-state index is 12.6. The fourth-order valence-corrected chi connectivity index (χ4v) is 2.50. The van der Waals surface area contributed by atoms with Gasteiger partial charge in [0.05, 0.1) is 12.4 Å². The largest absolute Gasteiger partial charge is 0.480 e. The van der Waals surface area contributed by atoms with Crippen LogP contribution in [-0.4, -0.2) is 56.9 Å². The lowest BCUT2D eigenvalue weighted by Crippen LogP contribution is -2.56. The molecule has 0 aliphatic carbocycles. The zero-order chi connectivity index (χ0) is 21.3. The minimum absolute atomic E-state index is 0.0729. The zero-order valence-corrected chi connectivity index (χ0v) is 16.0. The fraction of sp³-hybridized carbons (Fsp3) is 0.588. The van der Waals surface area contributed by atoms with Crippen molar-refractivity contribution in [1.82, 2.24) is 20.6 Å². The van der Waals surface area contributed by atoms with Crippen LogP contribution < -0.4 is 22.1 Å². The van der Waals surface area contributed by atoms with Gasteiger partial charge >= 0.3 is 5.97 Å². The normalized spacial score (nSPS) is 15.1. The van der Waals surface area contributed by atoms with Crippen molar-refractivity contribution in [2.75, 3.05) is 0 Å². The van der Waals surface area contributed by atoms with Crippen molar-refractivity contribution in [3.63, 3.8) is 0 Å². The van der Waals surface area contributed by atoms with E-state index in [9.17, 15) is 24.3 Å². The van der Waals surface area contributed by atoms with Gasteiger partial charge < -0.3 is 32.2 Å². The summed E-state index contributed by atoms with van der Waals surface area (Å²) in [7, 11) is 0. The zero-order valence-electron chi connectivity index (χ0n) is 16.0. The number of aromatic nitrogens is 2. The lowest BCUT2D eigenvalue weighted by atomic mass is 9.98. The van der Waals surface area contributed by atoms with Gasteiger partial charge in [-0.3, -0.25) is 14.4 Å². The van der Waals surface area contributed by atoms with Gasteiger partial charge in [-0.05, 0) is 12.3 Å². The molecule has 3 amide bonds. The van der Waals surface area contributed by atoms with Crippen LogP contribution in [-0.2, 0) is 25.6 Å². The van der Waals surface area contributed by atoms with Gasteiger partial charge in [-0.25, -0.2) is 9.78 Å². The van der Waals surface area contributed by atoms with Crippen LogP contribution in [0.1, 0.15) is 38.8 Å². The van der Waals surface area contributed by atoms with Gasteiger partial charge in [0.25, 0.3) is 0 Å². The van der Waals surface area contributed by atoms with E-state index in [2.05, 4.69) is 20.6 Å². The molecule has 156 valence electrons. The average molecular weight is 396 g/mol. The quantitative estimate of drug-likeness (QED) is 0.251. The molecule has 11 nitrogen and oxygen atoms in total. The topological polar surface area (TPSA) is 193 Å². The second kappa shape index (κ2) is 11.0. The summed E-state index contributed by atoms with van der Waals surface area (Å²) in [4.78, 5) is 54.1. The Morgan fingerprint density at radius 1 is 1.25 bits per heavy atom. The molecule has 1 aromatic heterocycles. The Labute approximate surface area is 162 Å². The number of carboxylic acid groups (broad SMARTS) is 1. The Kier molecular flexibility index (Phi) is 9.09. The first kappa shape index (κ1) is 23.1. The highest BCUT2D eigenvalue weighted by molar-refractivity contribution is 5.92. The van der Waals surface area contributed by atoms with Crippen LogP contribution in [0.15, 0.2) is 12.5 Å². The Morgan fingerprint density at radius 3 is 2.43 bits per heavy atom. The van der Waals surface area contributed by atoms with E-state index in [1.54, 1.807) is 13.8 Å². The number of aromatic amines is 1. The lowest BCUT2D eigenvalue weighted by molar-refractivity contribution is -0.144. The van der Waals surface area contributed by atoms with Gasteiger partial charge in [0.2, 0.25) is 17.7 Å². The summed E-state index contributed by atoms with van der Waals surface area (Å²) < 4.78 is 0. The molecule has 0 aliphatic heterocycles.